The summed E-state index contributed by atoms with van der Waals surface area (Å²) in [6.07, 6.45) is -4.86. The molecule has 8 heteroatoms. The fourth-order valence-electron chi connectivity index (χ4n) is 2.64. The number of alkyl halides is 3. The molecular formula is C23H20F4N2O2. The standard InChI is InChI=1S/C17H14F4N2O2.C6H6/c18-14-7-6-11(8-13(14)17(19,20)21)9-23(10-15(22)24)16(25)12-4-2-1-3-5-12;1-2-4-6-5-3-1/h1-8H,9-10H2,(H2,22,24);1-6H. The molecule has 0 fully saturated rings. The van der Waals surface area contributed by atoms with Crippen molar-refractivity contribution in [1.82, 2.24) is 4.90 Å². The Hall–Kier alpha value is -3.68. The van der Waals surface area contributed by atoms with Gasteiger partial charge in [-0.1, -0.05) is 60.7 Å². The summed E-state index contributed by atoms with van der Waals surface area (Å²) in [5.41, 5.74) is 3.96. The van der Waals surface area contributed by atoms with Crippen LogP contribution >= 0.6 is 0 Å². The highest BCUT2D eigenvalue weighted by Crippen LogP contribution is 2.32. The number of amides is 2. The van der Waals surface area contributed by atoms with E-state index in [9.17, 15) is 27.2 Å². The summed E-state index contributed by atoms with van der Waals surface area (Å²) in [4.78, 5) is 24.7. The van der Waals surface area contributed by atoms with Crippen LogP contribution in [0.5, 0.6) is 0 Å². The Labute approximate surface area is 176 Å². The molecule has 4 nitrogen and oxygen atoms in total. The Balaban J connectivity index is 0.000000488. The van der Waals surface area contributed by atoms with Crippen LogP contribution in [-0.2, 0) is 17.5 Å². The molecule has 0 aliphatic rings. The molecule has 0 radical (unpaired) electrons. The van der Waals surface area contributed by atoms with Gasteiger partial charge in [-0.25, -0.2) is 4.39 Å². The van der Waals surface area contributed by atoms with Crippen molar-refractivity contribution in [2.45, 2.75) is 12.7 Å². The van der Waals surface area contributed by atoms with Crippen LogP contribution in [0.25, 0.3) is 0 Å². The number of benzene rings is 3. The van der Waals surface area contributed by atoms with Gasteiger partial charge >= 0.3 is 6.18 Å². The molecule has 0 aliphatic heterocycles. The molecular weight excluding hydrogens is 412 g/mol. The normalized spacial score (nSPS) is 10.6. The van der Waals surface area contributed by atoms with E-state index in [4.69, 9.17) is 5.73 Å². The van der Waals surface area contributed by atoms with Gasteiger partial charge in [0.05, 0.1) is 12.1 Å². The molecule has 162 valence electrons. The minimum atomic E-state index is -4.86. The van der Waals surface area contributed by atoms with E-state index in [0.29, 0.717) is 12.1 Å². The molecule has 0 atom stereocenters. The summed E-state index contributed by atoms with van der Waals surface area (Å²) in [6, 6.07) is 22.3. The maximum Gasteiger partial charge on any atom is 0.419 e. The lowest BCUT2D eigenvalue weighted by molar-refractivity contribution is -0.140. The first-order valence-electron chi connectivity index (χ1n) is 9.16. The molecule has 0 bridgehead atoms. The maximum absolute atomic E-state index is 13.4. The summed E-state index contributed by atoms with van der Waals surface area (Å²) in [7, 11) is 0. The zero-order valence-corrected chi connectivity index (χ0v) is 16.4. The average Bonchev–Trinajstić information content (AvgIpc) is 2.75. The Morgan fingerprint density at radius 2 is 1.35 bits per heavy atom. The second kappa shape index (κ2) is 10.9. The zero-order valence-electron chi connectivity index (χ0n) is 16.4. The lowest BCUT2D eigenvalue weighted by atomic mass is 10.1. The van der Waals surface area contributed by atoms with Gasteiger partial charge in [0.2, 0.25) is 5.91 Å². The van der Waals surface area contributed by atoms with E-state index >= 15 is 0 Å². The number of carbonyl (C=O) groups is 2. The predicted octanol–water partition coefficient (Wildman–Crippen LogP) is 4.66. The maximum atomic E-state index is 13.4. The van der Waals surface area contributed by atoms with Crippen LogP contribution < -0.4 is 5.73 Å². The highest BCUT2D eigenvalue weighted by atomic mass is 19.4. The van der Waals surface area contributed by atoms with Crippen LogP contribution in [0.15, 0.2) is 84.9 Å². The number of hydrogen-bond donors (Lipinski definition) is 1. The minimum absolute atomic E-state index is 0.0271. The SMILES string of the molecule is NC(=O)CN(Cc1ccc(F)c(C(F)(F)F)c1)C(=O)c1ccccc1.c1ccccc1. The smallest absolute Gasteiger partial charge is 0.368 e. The number of primary amides is 1. The van der Waals surface area contributed by atoms with Crippen LogP contribution in [0, 0.1) is 5.82 Å². The number of nitrogens with two attached hydrogens (primary N) is 1. The number of carbonyl (C=O) groups excluding carboxylic acids is 2. The van der Waals surface area contributed by atoms with Crippen molar-refractivity contribution in [1.29, 1.82) is 0 Å². The van der Waals surface area contributed by atoms with Gasteiger partial charge in [0.25, 0.3) is 5.91 Å². The Bertz CT molecular complexity index is 967. The van der Waals surface area contributed by atoms with Crippen molar-refractivity contribution in [3.05, 3.63) is 107 Å². The van der Waals surface area contributed by atoms with Gasteiger partial charge in [0, 0.05) is 12.1 Å². The van der Waals surface area contributed by atoms with Crippen molar-refractivity contribution in [2.24, 2.45) is 5.73 Å². The van der Waals surface area contributed by atoms with Crippen molar-refractivity contribution in [2.75, 3.05) is 6.54 Å². The molecule has 2 N–H and O–H groups in total. The van der Waals surface area contributed by atoms with Gasteiger partial charge < -0.3 is 10.6 Å². The van der Waals surface area contributed by atoms with Crippen molar-refractivity contribution in [3.63, 3.8) is 0 Å². The van der Waals surface area contributed by atoms with E-state index in [1.165, 1.54) is 12.1 Å². The van der Waals surface area contributed by atoms with Crippen molar-refractivity contribution >= 4 is 11.8 Å². The van der Waals surface area contributed by atoms with Gasteiger partial charge in [0.15, 0.2) is 0 Å². The Morgan fingerprint density at radius 1 is 0.839 bits per heavy atom. The first-order valence-corrected chi connectivity index (χ1v) is 9.16. The van der Waals surface area contributed by atoms with Crippen LogP contribution in [0.2, 0.25) is 0 Å². The highest BCUT2D eigenvalue weighted by Gasteiger charge is 2.34. The van der Waals surface area contributed by atoms with Gasteiger partial charge in [-0.15, -0.1) is 0 Å². The summed E-state index contributed by atoms with van der Waals surface area (Å²) in [6.45, 7) is -0.799. The number of rotatable bonds is 5. The molecule has 3 aromatic carbocycles. The molecule has 0 aliphatic carbocycles. The molecule has 3 aromatic rings. The van der Waals surface area contributed by atoms with Gasteiger partial charge in [-0.2, -0.15) is 13.2 Å². The Morgan fingerprint density at radius 3 is 1.84 bits per heavy atom. The lowest BCUT2D eigenvalue weighted by Gasteiger charge is -2.22. The third-order valence-electron chi connectivity index (χ3n) is 4.03. The largest absolute Gasteiger partial charge is 0.419 e. The topological polar surface area (TPSA) is 63.4 Å². The summed E-state index contributed by atoms with van der Waals surface area (Å²) < 4.78 is 51.8. The molecule has 0 saturated heterocycles. The summed E-state index contributed by atoms with van der Waals surface area (Å²) in [5.74, 6) is -2.80. The van der Waals surface area contributed by atoms with Crippen LogP contribution in [0.1, 0.15) is 21.5 Å². The average molecular weight is 432 g/mol. The van der Waals surface area contributed by atoms with Gasteiger partial charge in [0.1, 0.15) is 5.82 Å². The van der Waals surface area contributed by atoms with E-state index in [-0.39, 0.29) is 17.7 Å². The molecule has 2 amide bonds. The second-order valence-corrected chi connectivity index (χ2v) is 6.46. The summed E-state index contributed by atoms with van der Waals surface area (Å²) in [5, 5.41) is 0. The first-order chi connectivity index (χ1) is 14.7. The van der Waals surface area contributed by atoms with Crippen molar-refractivity contribution < 1.29 is 27.2 Å². The molecule has 31 heavy (non-hydrogen) atoms. The van der Waals surface area contributed by atoms with E-state index in [2.05, 4.69) is 0 Å². The molecule has 0 heterocycles. The zero-order chi connectivity index (χ0) is 22.9. The van der Waals surface area contributed by atoms with E-state index in [1.807, 2.05) is 36.4 Å². The summed E-state index contributed by atoms with van der Waals surface area (Å²) >= 11 is 0. The van der Waals surface area contributed by atoms with E-state index < -0.39 is 35.9 Å². The molecule has 0 aromatic heterocycles. The highest BCUT2D eigenvalue weighted by molar-refractivity contribution is 5.96. The van der Waals surface area contributed by atoms with Crippen LogP contribution in [-0.4, -0.2) is 23.3 Å². The quantitative estimate of drug-likeness (QED) is 0.596. The first kappa shape index (κ1) is 23.6. The minimum Gasteiger partial charge on any atom is -0.368 e. The monoisotopic (exact) mass is 432 g/mol. The molecule has 0 spiro atoms. The lowest BCUT2D eigenvalue weighted by Crippen LogP contribution is -2.38. The number of hydrogen-bond acceptors (Lipinski definition) is 2. The van der Waals surface area contributed by atoms with Gasteiger partial charge in [-0.3, -0.25) is 9.59 Å². The van der Waals surface area contributed by atoms with Gasteiger partial charge in [-0.05, 0) is 29.8 Å². The fourth-order valence-corrected chi connectivity index (χ4v) is 2.64. The third kappa shape index (κ3) is 7.58. The molecule has 0 unspecified atom stereocenters. The van der Waals surface area contributed by atoms with E-state index in [0.717, 1.165) is 11.0 Å². The fraction of sp³-hybridized carbons (Fsp3) is 0.130. The molecule has 0 saturated carbocycles. The number of halogens is 4. The number of nitrogens with zero attached hydrogens (tertiary/aromatic N) is 1. The van der Waals surface area contributed by atoms with E-state index in [1.54, 1.807) is 18.2 Å². The predicted molar refractivity (Wildman–Crippen MR) is 108 cm³/mol. The Kier molecular flexibility index (Phi) is 8.31. The van der Waals surface area contributed by atoms with Crippen LogP contribution in [0.3, 0.4) is 0 Å². The molecule has 3 rings (SSSR count). The third-order valence-corrected chi connectivity index (χ3v) is 4.03. The van der Waals surface area contributed by atoms with Crippen molar-refractivity contribution in [3.8, 4) is 0 Å². The second-order valence-electron chi connectivity index (χ2n) is 6.46. The van der Waals surface area contributed by atoms with Crippen LogP contribution in [0.4, 0.5) is 17.6 Å².